The molecule has 0 aliphatic heterocycles. The molecule has 2 rings (SSSR count). The van der Waals surface area contributed by atoms with Crippen molar-refractivity contribution in [2.75, 3.05) is 13.2 Å². The van der Waals surface area contributed by atoms with Crippen LogP contribution >= 0.6 is 0 Å². The van der Waals surface area contributed by atoms with Crippen LogP contribution in [-0.2, 0) is 6.18 Å². The molecule has 1 heterocycles. The summed E-state index contributed by atoms with van der Waals surface area (Å²) in [6, 6.07) is 6.61. The maximum atomic E-state index is 12.8. The Morgan fingerprint density at radius 3 is 2.54 bits per heavy atom. The second-order valence-electron chi connectivity index (χ2n) is 4.57. The molecule has 0 fully saturated rings. The SMILES string of the molecule is O=C(O)c1cccc(OCCOc2cc[nH]c(=O)c2C(F)(F)F)c1. The number of carboxylic acids is 1. The molecule has 0 aliphatic rings. The number of ether oxygens (including phenoxy) is 2. The molecular weight excluding hydrogens is 331 g/mol. The lowest BCUT2D eigenvalue weighted by atomic mass is 10.2. The first-order valence-electron chi connectivity index (χ1n) is 6.67. The molecular formula is C15H12F3NO5. The fourth-order valence-corrected chi connectivity index (χ4v) is 1.88. The molecule has 0 saturated heterocycles. The standard InChI is InChI=1S/C15H12F3NO5/c16-15(17,18)12-11(4-5-19-13(12)20)24-7-6-23-10-3-1-2-9(8-10)14(21)22/h1-5,8H,6-7H2,(H,19,20)(H,21,22). The quantitative estimate of drug-likeness (QED) is 0.787. The van der Waals surface area contributed by atoms with Gasteiger partial charge in [0.1, 0.15) is 24.7 Å². The Bertz CT molecular complexity index is 785. The van der Waals surface area contributed by atoms with Gasteiger partial charge in [0.25, 0.3) is 5.56 Å². The highest BCUT2D eigenvalue weighted by atomic mass is 19.4. The fraction of sp³-hybridized carbons (Fsp3) is 0.200. The number of alkyl halides is 3. The molecule has 0 atom stereocenters. The Kier molecular flexibility index (Phi) is 5.12. The first-order valence-corrected chi connectivity index (χ1v) is 6.67. The molecule has 0 bridgehead atoms. The van der Waals surface area contributed by atoms with Crippen LogP contribution in [0.1, 0.15) is 15.9 Å². The van der Waals surface area contributed by atoms with Crippen LogP contribution in [0, 0.1) is 0 Å². The first-order chi connectivity index (χ1) is 11.3. The third-order valence-electron chi connectivity index (χ3n) is 2.90. The molecule has 6 nitrogen and oxygen atoms in total. The minimum absolute atomic E-state index is 0.0161. The number of benzene rings is 1. The number of carboxylic acid groups (broad SMARTS) is 1. The number of aromatic nitrogens is 1. The van der Waals surface area contributed by atoms with E-state index in [4.69, 9.17) is 14.6 Å². The molecule has 2 N–H and O–H groups in total. The molecule has 1 aromatic carbocycles. The van der Waals surface area contributed by atoms with Gasteiger partial charge >= 0.3 is 12.1 Å². The van der Waals surface area contributed by atoms with Crippen LogP contribution < -0.4 is 15.0 Å². The smallest absolute Gasteiger partial charge is 0.425 e. The summed E-state index contributed by atoms with van der Waals surface area (Å²) in [7, 11) is 0. The monoisotopic (exact) mass is 343 g/mol. The Morgan fingerprint density at radius 2 is 1.88 bits per heavy atom. The van der Waals surface area contributed by atoms with Gasteiger partial charge in [0.05, 0.1) is 5.56 Å². The predicted molar refractivity (Wildman–Crippen MR) is 76.5 cm³/mol. The van der Waals surface area contributed by atoms with E-state index in [0.717, 1.165) is 12.3 Å². The maximum absolute atomic E-state index is 12.8. The Hall–Kier alpha value is -2.97. The van der Waals surface area contributed by atoms with Crippen molar-refractivity contribution >= 4 is 5.97 Å². The van der Waals surface area contributed by atoms with Gasteiger partial charge in [-0.1, -0.05) is 6.07 Å². The fourth-order valence-electron chi connectivity index (χ4n) is 1.88. The highest BCUT2D eigenvalue weighted by Crippen LogP contribution is 2.32. The first kappa shape index (κ1) is 17.4. The summed E-state index contributed by atoms with van der Waals surface area (Å²) < 4.78 is 48.6. The summed E-state index contributed by atoms with van der Waals surface area (Å²) in [6.45, 7) is -0.392. The number of hydrogen-bond donors (Lipinski definition) is 2. The van der Waals surface area contributed by atoms with Crippen molar-refractivity contribution in [3.8, 4) is 11.5 Å². The molecule has 9 heteroatoms. The summed E-state index contributed by atoms with van der Waals surface area (Å²) in [5.74, 6) is -1.50. The molecule has 1 aromatic heterocycles. The number of pyridine rings is 1. The van der Waals surface area contributed by atoms with Crippen LogP contribution in [0.3, 0.4) is 0 Å². The van der Waals surface area contributed by atoms with E-state index in [-0.39, 0.29) is 24.5 Å². The number of hydrogen-bond acceptors (Lipinski definition) is 4. The van der Waals surface area contributed by atoms with Gasteiger partial charge in [-0.15, -0.1) is 0 Å². The molecule has 24 heavy (non-hydrogen) atoms. The number of aromatic amines is 1. The number of nitrogens with one attached hydrogen (secondary N) is 1. The van der Waals surface area contributed by atoms with Gasteiger partial charge in [0, 0.05) is 6.20 Å². The Balaban J connectivity index is 1.99. The molecule has 128 valence electrons. The van der Waals surface area contributed by atoms with Gasteiger partial charge < -0.3 is 19.6 Å². The topological polar surface area (TPSA) is 88.6 Å². The Labute approximate surface area is 133 Å². The van der Waals surface area contributed by atoms with Gasteiger partial charge in [-0.25, -0.2) is 4.79 Å². The van der Waals surface area contributed by atoms with E-state index in [1.807, 2.05) is 4.98 Å². The summed E-state index contributed by atoms with van der Waals surface area (Å²) in [5, 5.41) is 8.84. The average molecular weight is 343 g/mol. The van der Waals surface area contributed by atoms with Gasteiger partial charge in [-0.05, 0) is 24.3 Å². The summed E-state index contributed by atoms with van der Waals surface area (Å²) >= 11 is 0. The predicted octanol–water partition coefficient (Wildman–Crippen LogP) is 2.55. The minimum atomic E-state index is -4.85. The number of carbonyl (C=O) groups is 1. The summed E-state index contributed by atoms with van der Waals surface area (Å²) in [5.41, 5.74) is -2.70. The van der Waals surface area contributed by atoms with Crippen LogP contribution in [0.15, 0.2) is 41.3 Å². The number of rotatable bonds is 6. The van der Waals surface area contributed by atoms with Crippen LogP contribution in [0.4, 0.5) is 13.2 Å². The van der Waals surface area contributed by atoms with E-state index in [2.05, 4.69) is 0 Å². The van der Waals surface area contributed by atoms with Crippen molar-refractivity contribution in [1.29, 1.82) is 0 Å². The highest BCUT2D eigenvalue weighted by molar-refractivity contribution is 5.87. The van der Waals surface area contributed by atoms with E-state index in [1.165, 1.54) is 24.3 Å². The van der Waals surface area contributed by atoms with Gasteiger partial charge in [-0.3, -0.25) is 4.79 Å². The van der Waals surface area contributed by atoms with Crippen LogP contribution in [0.5, 0.6) is 11.5 Å². The summed E-state index contributed by atoms with van der Waals surface area (Å²) in [6.07, 6.45) is -3.80. The second-order valence-corrected chi connectivity index (χ2v) is 4.57. The van der Waals surface area contributed by atoms with Crippen molar-refractivity contribution in [1.82, 2.24) is 4.98 Å². The van der Waals surface area contributed by atoms with E-state index >= 15 is 0 Å². The van der Waals surface area contributed by atoms with E-state index in [0.29, 0.717) is 0 Å². The molecule has 0 radical (unpaired) electrons. The minimum Gasteiger partial charge on any atom is -0.490 e. The molecule has 0 saturated carbocycles. The van der Waals surface area contributed by atoms with Crippen molar-refractivity contribution < 1.29 is 32.5 Å². The normalized spacial score (nSPS) is 11.1. The third-order valence-corrected chi connectivity index (χ3v) is 2.90. The molecule has 0 aliphatic carbocycles. The van der Waals surface area contributed by atoms with E-state index in [1.54, 1.807) is 0 Å². The van der Waals surface area contributed by atoms with Crippen molar-refractivity contribution in [2.45, 2.75) is 6.18 Å². The van der Waals surface area contributed by atoms with Gasteiger partial charge in [-0.2, -0.15) is 13.2 Å². The zero-order chi connectivity index (χ0) is 17.7. The maximum Gasteiger partial charge on any atom is 0.425 e. The van der Waals surface area contributed by atoms with E-state index in [9.17, 15) is 22.8 Å². The van der Waals surface area contributed by atoms with Crippen LogP contribution in [-0.4, -0.2) is 29.3 Å². The Morgan fingerprint density at radius 1 is 1.17 bits per heavy atom. The average Bonchev–Trinajstić information content (AvgIpc) is 2.50. The zero-order valence-electron chi connectivity index (χ0n) is 12.1. The second kappa shape index (κ2) is 7.07. The van der Waals surface area contributed by atoms with Crippen LogP contribution in [0.2, 0.25) is 0 Å². The lowest BCUT2D eigenvalue weighted by Crippen LogP contribution is -2.23. The number of aromatic carboxylic acids is 1. The van der Waals surface area contributed by atoms with Crippen molar-refractivity contribution in [3.05, 3.63) is 58.0 Å². The lowest BCUT2D eigenvalue weighted by molar-refractivity contribution is -0.140. The number of halogens is 3. The highest BCUT2D eigenvalue weighted by Gasteiger charge is 2.37. The number of H-pyrrole nitrogens is 1. The van der Waals surface area contributed by atoms with Crippen molar-refractivity contribution in [3.63, 3.8) is 0 Å². The third kappa shape index (κ3) is 4.28. The van der Waals surface area contributed by atoms with Crippen LogP contribution in [0.25, 0.3) is 0 Å². The van der Waals surface area contributed by atoms with Gasteiger partial charge in [0.15, 0.2) is 5.56 Å². The largest absolute Gasteiger partial charge is 0.490 e. The van der Waals surface area contributed by atoms with E-state index < -0.39 is 29.0 Å². The molecule has 0 amide bonds. The lowest BCUT2D eigenvalue weighted by Gasteiger charge is -2.13. The van der Waals surface area contributed by atoms with Gasteiger partial charge in [0.2, 0.25) is 0 Å². The molecule has 0 unspecified atom stereocenters. The zero-order valence-corrected chi connectivity index (χ0v) is 12.1. The van der Waals surface area contributed by atoms with Crippen molar-refractivity contribution in [2.24, 2.45) is 0 Å². The summed E-state index contributed by atoms with van der Waals surface area (Å²) in [4.78, 5) is 24.0. The molecule has 0 spiro atoms. The molecule has 2 aromatic rings.